The molecule has 8 fully saturated rings. The molecule has 0 radical (unpaired) electrons. The molecule has 4 aliphatic carbocycles. The van der Waals surface area contributed by atoms with Crippen molar-refractivity contribution in [3.05, 3.63) is 114 Å². The average molecular weight is 1890 g/mol. The molecule has 4 aliphatic heterocycles. The molecule has 0 aromatic carbocycles. The first kappa shape index (κ1) is 99.4. The topological polar surface area (TPSA) is 430 Å². The fourth-order valence-electron chi connectivity index (χ4n) is 16.9. The van der Waals surface area contributed by atoms with Gasteiger partial charge in [0, 0.05) is 121 Å². The molecule has 14 atom stereocenters. The fraction of sp³-hybridized carbons (Fsp3) is 0.583. The number of amides is 8. The Morgan fingerprint density at radius 1 is 0.364 bits per heavy atom. The molecule has 12 heterocycles. The van der Waals surface area contributed by atoms with Crippen molar-refractivity contribution in [1.29, 1.82) is 0 Å². The van der Waals surface area contributed by atoms with E-state index in [0.717, 1.165) is 158 Å². The summed E-state index contributed by atoms with van der Waals surface area (Å²) in [6.07, 6.45) is 20.4. The molecule has 12 N–H and O–H groups in total. The van der Waals surface area contributed by atoms with E-state index >= 15 is 0 Å². The SMILES string of the molecule is CC[C@@H](C)Nc1cc(C)c(-c2sc(C(=O)NC3CCC3O)nc2C(=O)N2CCC[C@@H]2C)cn1.CC[C@@H](C)Nc1cc(C)c(-c2sc(C(=O)N[C@@H]3CC[C@H]3O)nc2C(=O)N2CCC[C@@H]2C)cn1.Cc1cc(NC(C)(C)C)ncc1-c1sc(C(=O)N[C@@H]2CC[C@H]2O)nc1C(=O)N1CCC[C@@H]1C.Cc1cc(NC(C)(C)C)ncc1-c1sc(C(=O)N[C@H]2CC[C@@H]2O)nc1C(=O)N1CCC[C@@H]1C. The molecule has 8 amide bonds. The average Bonchev–Trinajstić information content (AvgIpc) is 1.64. The number of hydrogen-bond acceptors (Lipinski definition) is 28. The summed E-state index contributed by atoms with van der Waals surface area (Å²) in [5, 5.41) is 65.2. The third kappa shape index (κ3) is 23.6. The van der Waals surface area contributed by atoms with Crippen LogP contribution in [-0.2, 0) is 0 Å². The lowest BCUT2D eigenvalue weighted by Crippen LogP contribution is -2.50. The summed E-state index contributed by atoms with van der Waals surface area (Å²) in [6, 6.07) is 8.03. The van der Waals surface area contributed by atoms with Gasteiger partial charge in [0.25, 0.3) is 47.3 Å². The molecule has 16 rings (SSSR count). The van der Waals surface area contributed by atoms with Crippen LogP contribution in [-0.4, -0.2) is 249 Å². The minimum Gasteiger partial charge on any atom is -0.391 e. The van der Waals surface area contributed by atoms with Gasteiger partial charge in [-0.1, -0.05) is 13.8 Å². The summed E-state index contributed by atoms with van der Waals surface area (Å²) in [4.78, 5) is 152. The lowest BCUT2D eigenvalue weighted by atomic mass is 9.89. The monoisotopic (exact) mass is 1880 g/mol. The number of pyridine rings is 4. The molecule has 132 heavy (non-hydrogen) atoms. The van der Waals surface area contributed by atoms with Crippen LogP contribution < -0.4 is 42.5 Å². The Bertz CT molecular complexity index is 5190. The number of aryl methyl sites for hydroxylation is 4. The van der Waals surface area contributed by atoms with Crippen LogP contribution >= 0.6 is 45.3 Å². The van der Waals surface area contributed by atoms with E-state index in [1.54, 1.807) is 24.8 Å². The Morgan fingerprint density at radius 2 is 0.583 bits per heavy atom. The minimum atomic E-state index is -0.519. The van der Waals surface area contributed by atoms with E-state index in [-0.39, 0.29) is 127 Å². The van der Waals surface area contributed by atoms with Gasteiger partial charge in [0.05, 0.1) is 68.1 Å². The van der Waals surface area contributed by atoms with Gasteiger partial charge in [0.15, 0.2) is 20.0 Å². The van der Waals surface area contributed by atoms with Gasteiger partial charge in [-0.3, -0.25) is 38.4 Å². The van der Waals surface area contributed by atoms with E-state index in [1.165, 1.54) is 45.3 Å². The number of carbonyl (C=O) groups excluding carboxylic acids is 8. The van der Waals surface area contributed by atoms with Crippen molar-refractivity contribution < 1.29 is 58.8 Å². The van der Waals surface area contributed by atoms with Crippen LogP contribution in [0, 0.1) is 27.7 Å². The van der Waals surface area contributed by atoms with Crippen LogP contribution in [0.1, 0.15) is 316 Å². The van der Waals surface area contributed by atoms with Crippen molar-refractivity contribution >= 4 is 116 Å². The molecule has 2 unspecified atom stereocenters. The second-order valence-electron chi connectivity index (χ2n) is 38.8. The van der Waals surface area contributed by atoms with E-state index in [9.17, 15) is 58.8 Å². The molecule has 4 saturated heterocycles. The number of aromatic nitrogens is 8. The minimum absolute atomic E-state index is 0.129. The number of anilines is 4. The van der Waals surface area contributed by atoms with Crippen LogP contribution in [0.2, 0.25) is 0 Å². The van der Waals surface area contributed by atoms with Crippen molar-refractivity contribution in [2.24, 2.45) is 0 Å². The second-order valence-corrected chi connectivity index (χ2v) is 42.8. The number of nitrogens with zero attached hydrogens (tertiary/aromatic N) is 12. The zero-order chi connectivity index (χ0) is 95.2. The first-order valence-corrected chi connectivity index (χ1v) is 50.1. The van der Waals surface area contributed by atoms with Gasteiger partial charge in [-0.2, -0.15) is 0 Å². The summed E-state index contributed by atoms with van der Waals surface area (Å²) in [5.74, 6) is 1.10. The number of nitrogens with one attached hydrogen (secondary N) is 8. The first-order chi connectivity index (χ1) is 62.6. The van der Waals surface area contributed by atoms with E-state index < -0.39 is 24.4 Å². The third-order valence-corrected chi connectivity index (χ3v) is 30.4. The van der Waals surface area contributed by atoms with Crippen LogP contribution in [0.5, 0.6) is 0 Å². The number of likely N-dealkylation sites (tertiary alicyclic amines) is 4. The Labute approximate surface area is 789 Å². The van der Waals surface area contributed by atoms with Crippen LogP contribution in [0.15, 0.2) is 49.1 Å². The predicted molar refractivity (Wildman–Crippen MR) is 519 cm³/mol. The quantitative estimate of drug-likeness (QED) is 0.0267. The molecule has 4 saturated carbocycles. The van der Waals surface area contributed by atoms with Gasteiger partial charge in [0.2, 0.25) is 0 Å². The predicted octanol–water partition coefficient (Wildman–Crippen LogP) is 14.4. The highest BCUT2D eigenvalue weighted by Crippen LogP contribution is 2.42. The zero-order valence-corrected chi connectivity index (χ0v) is 82.6. The Balaban J connectivity index is 0.000000150. The Hall–Kier alpha value is -10.1. The molecule has 0 bridgehead atoms. The Kier molecular flexibility index (Phi) is 32.1. The van der Waals surface area contributed by atoms with E-state index in [1.807, 2.05) is 99.3 Å². The van der Waals surface area contributed by atoms with Gasteiger partial charge in [-0.05, 0) is 273 Å². The summed E-state index contributed by atoms with van der Waals surface area (Å²) >= 11 is 4.84. The van der Waals surface area contributed by atoms with Gasteiger partial charge in [-0.15, -0.1) is 45.3 Å². The van der Waals surface area contributed by atoms with E-state index in [2.05, 4.69) is 152 Å². The molecule has 8 aromatic heterocycles. The van der Waals surface area contributed by atoms with E-state index in [0.29, 0.717) is 106 Å². The molecule has 36 heteroatoms. The number of carbonyl (C=O) groups is 8. The van der Waals surface area contributed by atoms with Crippen molar-refractivity contribution in [1.82, 2.24) is 80.7 Å². The molecule has 712 valence electrons. The number of aliphatic hydroxyl groups excluding tert-OH is 4. The van der Waals surface area contributed by atoms with Gasteiger partial charge in [-0.25, -0.2) is 39.9 Å². The molecule has 32 nitrogen and oxygen atoms in total. The summed E-state index contributed by atoms with van der Waals surface area (Å²) < 4.78 is 0. The lowest BCUT2D eigenvalue weighted by molar-refractivity contribution is 0.0447. The molecular weight excluding hydrogens is 1750 g/mol. The van der Waals surface area contributed by atoms with Crippen LogP contribution in [0.3, 0.4) is 0 Å². The molecule has 0 spiro atoms. The van der Waals surface area contributed by atoms with Crippen molar-refractivity contribution in [3.63, 3.8) is 0 Å². The number of thiazole rings is 4. The van der Waals surface area contributed by atoms with E-state index in [4.69, 9.17) is 0 Å². The fourth-order valence-corrected chi connectivity index (χ4v) is 21.1. The zero-order valence-electron chi connectivity index (χ0n) is 79.3. The number of rotatable bonds is 24. The highest BCUT2D eigenvalue weighted by atomic mass is 32.1. The van der Waals surface area contributed by atoms with Gasteiger partial charge in [0.1, 0.15) is 46.0 Å². The highest BCUT2D eigenvalue weighted by molar-refractivity contribution is 7.18. The number of hydrogen-bond donors (Lipinski definition) is 12. The van der Waals surface area contributed by atoms with Gasteiger partial charge < -0.3 is 82.6 Å². The van der Waals surface area contributed by atoms with Crippen LogP contribution in [0.4, 0.5) is 23.3 Å². The summed E-state index contributed by atoms with van der Waals surface area (Å²) in [6.45, 7) is 39.7. The lowest BCUT2D eigenvalue weighted by Gasteiger charge is -2.32. The van der Waals surface area contributed by atoms with Gasteiger partial charge >= 0.3 is 0 Å². The van der Waals surface area contributed by atoms with Crippen LogP contribution in [0.25, 0.3) is 41.8 Å². The highest BCUT2D eigenvalue weighted by Gasteiger charge is 2.41. The first-order valence-electron chi connectivity index (χ1n) is 46.8. The third-order valence-electron chi connectivity index (χ3n) is 26.0. The molecular formula is C96H132N20O12S4. The maximum Gasteiger partial charge on any atom is 0.280 e. The Morgan fingerprint density at radius 3 is 0.758 bits per heavy atom. The van der Waals surface area contributed by atoms with Crippen molar-refractivity contribution in [2.45, 2.75) is 336 Å². The summed E-state index contributed by atoms with van der Waals surface area (Å²) in [7, 11) is 0. The maximum atomic E-state index is 13.5. The molecule has 8 aromatic rings. The second kappa shape index (κ2) is 42.7. The normalized spacial score (nSPS) is 23.0. The smallest absolute Gasteiger partial charge is 0.280 e. The molecule has 8 aliphatic rings. The standard InChI is InChI=1S/4C24H33N5O3S/c2*1-13-11-18(28-24(3,4)5)25-12-15(13)20-19(23(32)29-10-6-7-14(29)2)27-22(33-20)21(31)26-16-8-9-17(16)30;2*1-5-14(3)26-19-11-13(2)16(12-25-19)21-20(24(32)29-10-6-7-15(29)4)28-23(33-21)22(31)27-17-8-9-18(17)30/h2*11-12,14,16-17,30H,6-10H2,1-5H3,(H,25,28)(H,26,31);2*11-12,14-15,17-18,30H,5-10H2,1-4H3,(H,25,26)(H,27,31)/t14-,16+,17+;14-,16-,17-;14-,15+,17?,18?;14-,15+,17-,18-/m0011/s1. The van der Waals surface area contributed by atoms with Crippen molar-refractivity contribution in [2.75, 3.05) is 47.4 Å². The van der Waals surface area contributed by atoms with Crippen molar-refractivity contribution in [3.8, 4) is 41.8 Å². The number of aliphatic hydroxyl groups is 4. The summed E-state index contributed by atoms with van der Waals surface area (Å²) in [5.41, 5.74) is 7.98. The maximum absolute atomic E-state index is 13.5. The largest absolute Gasteiger partial charge is 0.391 e.